The Bertz CT molecular complexity index is 280. The lowest BCUT2D eigenvalue weighted by atomic mass is 9.95. The molecule has 1 rings (SSSR count). The normalized spacial score (nSPS) is 12.7. The number of halogens is 1. The number of hydrogen-bond donors (Lipinski definition) is 0. The van der Waals surface area contributed by atoms with Gasteiger partial charge in [-0.15, -0.1) is 0 Å². The molecule has 0 saturated heterocycles. The predicted octanol–water partition coefficient (Wildman–Crippen LogP) is 5.23. The molecule has 1 aromatic rings. The van der Waals surface area contributed by atoms with E-state index < -0.39 is 0 Å². The second-order valence-electron chi connectivity index (χ2n) is 4.10. The van der Waals surface area contributed by atoms with Crippen LogP contribution in [0.2, 0.25) is 5.02 Å². The van der Waals surface area contributed by atoms with Crippen LogP contribution in [0.4, 0.5) is 0 Å². The maximum absolute atomic E-state index is 5.94. The van der Waals surface area contributed by atoms with E-state index in [-0.39, 0.29) is 0 Å². The van der Waals surface area contributed by atoms with Gasteiger partial charge in [0, 0.05) is 5.02 Å². The summed E-state index contributed by atoms with van der Waals surface area (Å²) in [6.45, 7) is 6.42. The van der Waals surface area contributed by atoms with Gasteiger partial charge in [-0.2, -0.15) is 0 Å². The maximum Gasteiger partial charge on any atom is 0.0408 e. The molecule has 0 aliphatic carbocycles. The zero-order valence-electron chi connectivity index (χ0n) is 9.51. The van der Waals surface area contributed by atoms with Crippen LogP contribution in [0.5, 0.6) is 0 Å². The van der Waals surface area contributed by atoms with E-state index in [0.717, 1.165) is 5.02 Å². The Morgan fingerprint density at radius 2 is 2.07 bits per heavy atom. The summed E-state index contributed by atoms with van der Waals surface area (Å²) in [5.74, 6) is 0.389. The van der Waals surface area contributed by atoms with Gasteiger partial charge < -0.3 is 0 Å². The number of unbranched alkanes of at least 4 members (excludes halogenated alkanes) is 3. The molecule has 0 amide bonds. The zero-order chi connectivity index (χ0) is 11.1. The van der Waals surface area contributed by atoms with E-state index in [0.29, 0.717) is 5.92 Å². The number of rotatable bonds is 6. The molecule has 1 unspecified atom stereocenters. The highest BCUT2D eigenvalue weighted by Crippen LogP contribution is 2.23. The highest BCUT2D eigenvalue weighted by Gasteiger charge is 2.05. The van der Waals surface area contributed by atoms with Crippen LogP contribution in [0.3, 0.4) is 0 Å². The van der Waals surface area contributed by atoms with Crippen molar-refractivity contribution in [1.82, 2.24) is 0 Å². The molecule has 0 saturated carbocycles. The minimum absolute atomic E-state index is 0.389. The van der Waals surface area contributed by atoms with Crippen LogP contribution >= 0.6 is 11.6 Å². The van der Waals surface area contributed by atoms with E-state index in [9.17, 15) is 0 Å². The molecule has 0 nitrogen and oxygen atoms in total. The van der Waals surface area contributed by atoms with Gasteiger partial charge in [0.25, 0.3) is 0 Å². The van der Waals surface area contributed by atoms with Crippen molar-refractivity contribution in [2.45, 2.75) is 44.9 Å². The average molecular weight is 224 g/mol. The molecule has 1 aromatic carbocycles. The summed E-state index contributed by atoms with van der Waals surface area (Å²) in [7, 11) is 0. The molecule has 0 aliphatic rings. The van der Waals surface area contributed by atoms with Crippen molar-refractivity contribution >= 4 is 11.6 Å². The SMILES string of the molecule is [CH2]C(CCCCCC)c1cccc(Cl)c1. The monoisotopic (exact) mass is 223 g/mol. The minimum atomic E-state index is 0.389. The largest absolute Gasteiger partial charge is 0.0843 e. The van der Waals surface area contributed by atoms with E-state index in [1.165, 1.54) is 37.7 Å². The van der Waals surface area contributed by atoms with Crippen LogP contribution < -0.4 is 0 Å². The zero-order valence-corrected chi connectivity index (χ0v) is 10.3. The molecule has 1 radical (unpaired) electrons. The molecular weight excluding hydrogens is 204 g/mol. The summed E-state index contributed by atoms with van der Waals surface area (Å²) < 4.78 is 0. The summed E-state index contributed by atoms with van der Waals surface area (Å²) in [6.07, 6.45) is 6.39. The second kappa shape index (κ2) is 6.90. The number of benzene rings is 1. The molecule has 0 fully saturated rings. The molecule has 0 heterocycles. The van der Waals surface area contributed by atoms with E-state index in [1.807, 2.05) is 18.2 Å². The fraction of sp³-hybridized carbons (Fsp3) is 0.500. The van der Waals surface area contributed by atoms with Crippen molar-refractivity contribution in [2.24, 2.45) is 0 Å². The van der Waals surface area contributed by atoms with Crippen LogP contribution in [0.1, 0.15) is 50.5 Å². The Hall–Kier alpha value is -0.490. The molecule has 0 bridgehead atoms. The molecule has 0 spiro atoms. The number of hydrogen-bond acceptors (Lipinski definition) is 0. The van der Waals surface area contributed by atoms with Crippen LogP contribution in [0.25, 0.3) is 0 Å². The third-order valence-corrected chi connectivity index (χ3v) is 2.96. The van der Waals surface area contributed by atoms with Gasteiger partial charge in [0.05, 0.1) is 0 Å². The van der Waals surface area contributed by atoms with E-state index in [2.05, 4.69) is 19.9 Å². The Morgan fingerprint density at radius 1 is 1.27 bits per heavy atom. The van der Waals surface area contributed by atoms with Crippen LogP contribution in [-0.4, -0.2) is 0 Å². The molecule has 15 heavy (non-hydrogen) atoms. The first-order valence-electron chi connectivity index (χ1n) is 5.82. The third-order valence-electron chi connectivity index (χ3n) is 2.73. The van der Waals surface area contributed by atoms with Crippen LogP contribution in [0, 0.1) is 6.92 Å². The summed E-state index contributed by atoms with van der Waals surface area (Å²) in [6, 6.07) is 8.05. The van der Waals surface area contributed by atoms with Gasteiger partial charge in [0.1, 0.15) is 0 Å². The molecule has 0 aromatic heterocycles. The van der Waals surface area contributed by atoms with Gasteiger partial charge in [-0.05, 0) is 37.0 Å². The average Bonchev–Trinajstić information content (AvgIpc) is 2.24. The van der Waals surface area contributed by atoms with Gasteiger partial charge >= 0.3 is 0 Å². The Labute approximate surface area is 98.7 Å². The molecule has 83 valence electrons. The van der Waals surface area contributed by atoms with Crippen LogP contribution in [-0.2, 0) is 0 Å². The Kier molecular flexibility index (Phi) is 5.78. The third kappa shape index (κ3) is 4.70. The predicted molar refractivity (Wildman–Crippen MR) is 68.3 cm³/mol. The first-order valence-corrected chi connectivity index (χ1v) is 6.20. The first kappa shape index (κ1) is 12.6. The smallest absolute Gasteiger partial charge is 0.0408 e. The quantitative estimate of drug-likeness (QED) is 0.580. The minimum Gasteiger partial charge on any atom is -0.0843 e. The van der Waals surface area contributed by atoms with Gasteiger partial charge in [-0.25, -0.2) is 0 Å². The van der Waals surface area contributed by atoms with Crippen molar-refractivity contribution in [3.63, 3.8) is 0 Å². The van der Waals surface area contributed by atoms with Gasteiger partial charge in [0.2, 0.25) is 0 Å². The second-order valence-corrected chi connectivity index (χ2v) is 4.54. The Morgan fingerprint density at radius 3 is 2.73 bits per heavy atom. The van der Waals surface area contributed by atoms with E-state index >= 15 is 0 Å². The lowest BCUT2D eigenvalue weighted by Gasteiger charge is -2.11. The first-order chi connectivity index (χ1) is 7.24. The lowest BCUT2D eigenvalue weighted by molar-refractivity contribution is 0.602. The fourth-order valence-corrected chi connectivity index (χ4v) is 1.94. The molecule has 1 heteroatoms. The highest BCUT2D eigenvalue weighted by atomic mass is 35.5. The fourth-order valence-electron chi connectivity index (χ4n) is 1.74. The van der Waals surface area contributed by atoms with Gasteiger partial charge in [-0.3, -0.25) is 0 Å². The summed E-state index contributed by atoms with van der Waals surface area (Å²) in [5.41, 5.74) is 1.26. The van der Waals surface area contributed by atoms with Gasteiger partial charge in [0.15, 0.2) is 0 Å². The Balaban J connectivity index is 2.36. The highest BCUT2D eigenvalue weighted by molar-refractivity contribution is 6.30. The molecule has 1 atom stereocenters. The van der Waals surface area contributed by atoms with Crippen molar-refractivity contribution in [1.29, 1.82) is 0 Å². The molecule has 0 aliphatic heterocycles. The van der Waals surface area contributed by atoms with Crippen molar-refractivity contribution < 1.29 is 0 Å². The summed E-state index contributed by atoms with van der Waals surface area (Å²) >= 11 is 5.94. The maximum atomic E-state index is 5.94. The topological polar surface area (TPSA) is 0 Å². The summed E-state index contributed by atoms with van der Waals surface area (Å²) in [5, 5.41) is 0.815. The van der Waals surface area contributed by atoms with Crippen molar-refractivity contribution in [3.8, 4) is 0 Å². The standard InChI is InChI=1S/C14H20Cl/c1-3-4-5-6-8-12(2)13-9-7-10-14(15)11-13/h7,9-12H,2-6,8H2,1H3. The summed E-state index contributed by atoms with van der Waals surface area (Å²) in [4.78, 5) is 0. The van der Waals surface area contributed by atoms with E-state index in [1.54, 1.807) is 0 Å². The van der Waals surface area contributed by atoms with Crippen LogP contribution in [0.15, 0.2) is 24.3 Å². The lowest BCUT2D eigenvalue weighted by Crippen LogP contribution is -1.93. The molecule has 0 N–H and O–H groups in total. The van der Waals surface area contributed by atoms with E-state index in [4.69, 9.17) is 11.6 Å². The van der Waals surface area contributed by atoms with Crippen molar-refractivity contribution in [3.05, 3.63) is 41.8 Å². The van der Waals surface area contributed by atoms with Gasteiger partial charge in [-0.1, -0.05) is 56.3 Å². The van der Waals surface area contributed by atoms with Crippen molar-refractivity contribution in [2.75, 3.05) is 0 Å². The molecular formula is C14H20Cl.